The van der Waals surface area contributed by atoms with Crippen LogP contribution in [0.4, 0.5) is 4.79 Å². The van der Waals surface area contributed by atoms with Gasteiger partial charge in [0.2, 0.25) is 0 Å². The molecule has 0 N–H and O–H groups in total. The van der Waals surface area contributed by atoms with Gasteiger partial charge in [0.25, 0.3) is 0 Å². The van der Waals surface area contributed by atoms with Gasteiger partial charge in [-0.25, -0.2) is 9.59 Å². The molecule has 0 unspecified atom stereocenters. The maximum Gasteiger partial charge on any atom is 0.410 e. The van der Waals surface area contributed by atoms with Crippen LogP contribution in [0.2, 0.25) is 0 Å². The second-order valence-electron chi connectivity index (χ2n) is 4.84. The van der Waals surface area contributed by atoms with Crippen LogP contribution in [-0.2, 0) is 20.9 Å². The Balaban J connectivity index is 1.60. The highest BCUT2D eigenvalue weighted by molar-refractivity contribution is 5.83. The summed E-state index contributed by atoms with van der Waals surface area (Å²) in [5.74, 6) is -0.306. The van der Waals surface area contributed by atoms with Crippen molar-refractivity contribution in [1.82, 2.24) is 4.90 Å². The number of hydrogen-bond donors (Lipinski definition) is 0. The number of piperidine rings is 1. The average Bonchev–Trinajstić information content (AvgIpc) is 2.46. The van der Waals surface area contributed by atoms with Crippen LogP contribution >= 0.6 is 0 Å². The van der Waals surface area contributed by atoms with E-state index in [2.05, 4.69) is 0 Å². The van der Waals surface area contributed by atoms with E-state index in [1.165, 1.54) is 4.90 Å². The lowest BCUT2D eigenvalue weighted by atomic mass is 9.97. The Bertz CT molecular complexity index is 487. The van der Waals surface area contributed by atoms with Crippen LogP contribution in [0.3, 0.4) is 0 Å². The van der Waals surface area contributed by atoms with Gasteiger partial charge >= 0.3 is 12.1 Å². The predicted octanol–water partition coefficient (Wildman–Crippen LogP) is 1.71. The van der Waals surface area contributed by atoms with Crippen LogP contribution in [-0.4, -0.2) is 35.7 Å². The van der Waals surface area contributed by atoms with Gasteiger partial charge in [0, 0.05) is 0 Å². The molecule has 0 spiro atoms. The smallest absolute Gasteiger partial charge is 0.410 e. The topological polar surface area (TPSA) is 55.8 Å². The first kappa shape index (κ1) is 12.0. The van der Waals surface area contributed by atoms with Crippen molar-refractivity contribution >= 4 is 12.1 Å². The standard InChI is InChI=1S/C14H15NO4/c16-13-12-7-6-11(19-13)8-15(12)14(17)18-9-10-4-2-1-3-5-10/h1-5,11-12H,6-9H2/t11-,12-/m0/s1. The zero-order valence-electron chi connectivity index (χ0n) is 10.5. The van der Waals surface area contributed by atoms with E-state index in [1.54, 1.807) is 0 Å². The van der Waals surface area contributed by atoms with Crippen LogP contribution in [0.15, 0.2) is 30.3 Å². The second-order valence-corrected chi connectivity index (χ2v) is 4.84. The van der Waals surface area contributed by atoms with Gasteiger partial charge < -0.3 is 9.47 Å². The molecule has 3 fully saturated rings. The molecule has 100 valence electrons. The molecule has 0 aromatic heterocycles. The molecular weight excluding hydrogens is 246 g/mol. The number of rotatable bonds is 2. The van der Waals surface area contributed by atoms with E-state index >= 15 is 0 Å². The van der Waals surface area contributed by atoms with Crippen molar-refractivity contribution in [3.05, 3.63) is 35.9 Å². The Morgan fingerprint density at radius 2 is 2.11 bits per heavy atom. The van der Waals surface area contributed by atoms with Gasteiger partial charge in [-0.15, -0.1) is 0 Å². The van der Waals surface area contributed by atoms with E-state index < -0.39 is 12.1 Å². The van der Waals surface area contributed by atoms with Crippen LogP contribution in [0, 0.1) is 0 Å². The molecule has 2 atom stereocenters. The highest BCUT2D eigenvalue weighted by Gasteiger charge is 2.44. The zero-order valence-corrected chi connectivity index (χ0v) is 10.5. The van der Waals surface area contributed by atoms with Gasteiger partial charge in [-0.3, -0.25) is 4.90 Å². The van der Waals surface area contributed by atoms with Crippen molar-refractivity contribution < 1.29 is 19.1 Å². The van der Waals surface area contributed by atoms with E-state index in [0.717, 1.165) is 12.0 Å². The van der Waals surface area contributed by atoms with Crippen molar-refractivity contribution in [2.75, 3.05) is 6.54 Å². The average molecular weight is 261 g/mol. The SMILES string of the molecule is O=C1O[C@H]2CC[C@@H]1N(C(=O)OCc1ccccc1)C2. The minimum Gasteiger partial charge on any atom is -0.459 e. The lowest BCUT2D eigenvalue weighted by Gasteiger charge is -2.42. The molecule has 3 aliphatic heterocycles. The van der Waals surface area contributed by atoms with Crippen LogP contribution in [0.25, 0.3) is 0 Å². The zero-order chi connectivity index (χ0) is 13.2. The number of benzene rings is 1. The molecule has 1 aromatic carbocycles. The van der Waals surface area contributed by atoms with Crippen LogP contribution < -0.4 is 0 Å². The Kier molecular flexibility index (Phi) is 3.11. The highest BCUT2D eigenvalue weighted by Crippen LogP contribution is 2.27. The monoisotopic (exact) mass is 261 g/mol. The summed E-state index contributed by atoms with van der Waals surface area (Å²) in [7, 11) is 0. The Hall–Kier alpha value is -2.04. The molecular formula is C14H15NO4. The van der Waals surface area contributed by atoms with Crippen molar-refractivity contribution in [1.29, 1.82) is 0 Å². The largest absolute Gasteiger partial charge is 0.459 e. The number of fused-ring (bicyclic) bond motifs is 3. The second kappa shape index (κ2) is 4.91. The maximum atomic E-state index is 12.0. The van der Waals surface area contributed by atoms with Gasteiger partial charge in [-0.2, -0.15) is 0 Å². The van der Waals surface area contributed by atoms with E-state index in [0.29, 0.717) is 13.0 Å². The minimum atomic E-state index is -0.465. The first-order valence-corrected chi connectivity index (χ1v) is 6.42. The molecule has 2 bridgehead atoms. The fraction of sp³-hybridized carbons (Fsp3) is 0.429. The molecule has 3 saturated heterocycles. The third-order valence-electron chi connectivity index (χ3n) is 3.53. The van der Waals surface area contributed by atoms with Gasteiger partial charge in [0.15, 0.2) is 0 Å². The number of amides is 1. The van der Waals surface area contributed by atoms with Gasteiger partial charge in [-0.05, 0) is 18.4 Å². The molecule has 4 rings (SSSR count). The number of hydrogen-bond acceptors (Lipinski definition) is 4. The van der Waals surface area contributed by atoms with Crippen molar-refractivity contribution in [2.45, 2.75) is 31.6 Å². The Morgan fingerprint density at radius 1 is 1.32 bits per heavy atom. The molecule has 5 heteroatoms. The lowest BCUT2D eigenvalue weighted by molar-refractivity contribution is -0.173. The predicted molar refractivity (Wildman–Crippen MR) is 66.2 cm³/mol. The first-order valence-electron chi connectivity index (χ1n) is 6.42. The van der Waals surface area contributed by atoms with Crippen LogP contribution in [0.1, 0.15) is 18.4 Å². The van der Waals surface area contributed by atoms with Crippen molar-refractivity contribution in [3.63, 3.8) is 0 Å². The van der Waals surface area contributed by atoms with Crippen molar-refractivity contribution in [2.24, 2.45) is 0 Å². The Morgan fingerprint density at radius 3 is 2.79 bits per heavy atom. The molecule has 1 amide bonds. The van der Waals surface area contributed by atoms with Gasteiger partial charge in [0.1, 0.15) is 18.8 Å². The van der Waals surface area contributed by atoms with Crippen molar-refractivity contribution in [3.8, 4) is 0 Å². The summed E-state index contributed by atoms with van der Waals surface area (Å²) in [6.45, 7) is 0.673. The summed E-state index contributed by atoms with van der Waals surface area (Å²) in [5.41, 5.74) is 0.931. The lowest BCUT2D eigenvalue weighted by Crippen LogP contribution is -2.59. The van der Waals surface area contributed by atoms with Crippen LogP contribution in [0.5, 0.6) is 0 Å². The van der Waals surface area contributed by atoms with E-state index in [9.17, 15) is 9.59 Å². The summed E-state index contributed by atoms with van der Waals surface area (Å²) in [4.78, 5) is 25.1. The van der Waals surface area contributed by atoms with Gasteiger partial charge in [0.05, 0.1) is 6.54 Å². The molecule has 5 nitrogen and oxygen atoms in total. The summed E-state index contributed by atoms with van der Waals surface area (Å²) in [5, 5.41) is 0. The molecule has 3 heterocycles. The third-order valence-corrected chi connectivity index (χ3v) is 3.53. The molecule has 0 radical (unpaired) electrons. The maximum absolute atomic E-state index is 12.0. The summed E-state index contributed by atoms with van der Waals surface area (Å²) < 4.78 is 10.4. The van der Waals surface area contributed by atoms with Gasteiger partial charge in [-0.1, -0.05) is 30.3 Å². The number of ether oxygens (including phenoxy) is 2. The molecule has 0 aliphatic carbocycles. The van der Waals surface area contributed by atoms with E-state index in [4.69, 9.17) is 9.47 Å². The fourth-order valence-electron chi connectivity index (χ4n) is 2.53. The number of esters is 1. The summed E-state index contributed by atoms with van der Waals surface area (Å²) >= 11 is 0. The molecule has 1 aromatic rings. The number of carbonyl (C=O) groups is 2. The number of nitrogens with zero attached hydrogens (tertiary/aromatic N) is 1. The van der Waals surface area contributed by atoms with E-state index in [-0.39, 0.29) is 18.7 Å². The highest BCUT2D eigenvalue weighted by atomic mass is 16.6. The fourth-order valence-corrected chi connectivity index (χ4v) is 2.53. The quantitative estimate of drug-likeness (QED) is 0.760. The van der Waals surface area contributed by atoms with E-state index in [1.807, 2.05) is 30.3 Å². The summed E-state index contributed by atoms with van der Waals surface area (Å²) in [6.07, 6.45) is 0.903. The third kappa shape index (κ3) is 2.41. The molecule has 0 saturated carbocycles. The molecule has 3 aliphatic rings. The normalized spacial score (nSPS) is 25.1. The Labute approximate surface area is 111 Å². The summed E-state index contributed by atoms with van der Waals surface area (Å²) in [6, 6.07) is 9.01. The molecule has 19 heavy (non-hydrogen) atoms. The minimum absolute atomic E-state index is 0.165. The first-order chi connectivity index (χ1) is 9.24. The number of carbonyl (C=O) groups excluding carboxylic acids is 2. The number of morpholine rings is 1.